The largest absolute Gasteiger partial charge is 0.378 e. The van der Waals surface area contributed by atoms with Crippen LogP contribution in [-0.2, 0) is 0 Å². The van der Waals surface area contributed by atoms with Crippen molar-refractivity contribution in [2.24, 2.45) is 11.5 Å². The molecule has 0 unspecified atom stereocenters. The van der Waals surface area contributed by atoms with Crippen molar-refractivity contribution in [3.05, 3.63) is 36.0 Å². The molecule has 5 heteroatoms. The molecule has 1 heterocycles. The van der Waals surface area contributed by atoms with Gasteiger partial charge >= 0.3 is 0 Å². The van der Waals surface area contributed by atoms with E-state index in [-0.39, 0.29) is 5.54 Å². The minimum absolute atomic E-state index is 0.339. The van der Waals surface area contributed by atoms with Crippen molar-refractivity contribution in [3.63, 3.8) is 0 Å². The normalized spacial score (nSPS) is 11.5. The monoisotopic (exact) mass is 258 g/mol. The maximum Gasteiger partial charge on any atom is 0.252 e. The first-order chi connectivity index (χ1) is 8.94. The highest BCUT2D eigenvalue weighted by atomic mass is 16.1. The third-order valence-electron chi connectivity index (χ3n) is 3.01. The van der Waals surface area contributed by atoms with Crippen LogP contribution in [0.3, 0.4) is 0 Å². The first kappa shape index (κ1) is 13.3. The summed E-state index contributed by atoms with van der Waals surface area (Å²) in [7, 11) is 0. The second-order valence-electron chi connectivity index (χ2n) is 5.14. The number of anilines is 1. The molecule has 19 heavy (non-hydrogen) atoms. The van der Waals surface area contributed by atoms with Gasteiger partial charge < -0.3 is 16.8 Å². The van der Waals surface area contributed by atoms with Crippen LogP contribution in [0, 0.1) is 0 Å². The third kappa shape index (κ3) is 2.66. The lowest BCUT2D eigenvalue weighted by Crippen LogP contribution is -2.39. The van der Waals surface area contributed by atoms with E-state index in [9.17, 15) is 4.79 Å². The number of primary amides is 1. The molecule has 100 valence electrons. The van der Waals surface area contributed by atoms with E-state index in [1.54, 1.807) is 0 Å². The molecule has 2 rings (SSSR count). The van der Waals surface area contributed by atoms with Gasteiger partial charge in [0.1, 0.15) is 0 Å². The fourth-order valence-electron chi connectivity index (χ4n) is 1.85. The van der Waals surface area contributed by atoms with Crippen LogP contribution in [0.2, 0.25) is 0 Å². The lowest BCUT2D eigenvalue weighted by Gasteiger charge is -2.27. The first-order valence-electron chi connectivity index (χ1n) is 6.10. The molecular formula is C14H18N4O. The predicted octanol–water partition coefficient (Wildman–Crippen LogP) is 1.48. The van der Waals surface area contributed by atoms with Gasteiger partial charge in [0, 0.05) is 23.7 Å². The standard InChI is InChI=1S/C14H18N4O/c1-14(2,8-15)18-12-9-5-3-4-6-11(9)17-7-10(12)13(16)19/h3-7H,8,15H2,1-2H3,(H2,16,19)(H,17,18). The summed E-state index contributed by atoms with van der Waals surface area (Å²) in [4.78, 5) is 15.8. The molecule has 2 aromatic rings. The summed E-state index contributed by atoms with van der Waals surface area (Å²) < 4.78 is 0. The van der Waals surface area contributed by atoms with Crippen LogP contribution >= 0.6 is 0 Å². The summed E-state index contributed by atoms with van der Waals surface area (Å²) >= 11 is 0. The number of para-hydroxylation sites is 1. The number of aromatic nitrogens is 1. The molecular weight excluding hydrogens is 240 g/mol. The Labute approximate surface area is 112 Å². The summed E-state index contributed by atoms with van der Waals surface area (Å²) in [6.45, 7) is 4.36. The number of carbonyl (C=O) groups excluding carboxylic acids is 1. The van der Waals surface area contributed by atoms with Gasteiger partial charge in [-0.3, -0.25) is 9.78 Å². The average molecular weight is 258 g/mol. The second kappa shape index (κ2) is 4.85. The van der Waals surface area contributed by atoms with Gasteiger partial charge in [-0.25, -0.2) is 0 Å². The van der Waals surface area contributed by atoms with E-state index in [1.165, 1.54) is 6.20 Å². The molecule has 0 atom stereocenters. The fourth-order valence-corrected chi connectivity index (χ4v) is 1.85. The number of nitrogens with zero attached hydrogens (tertiary/aromatic N) is 1. The zero-order valence-electron chi connectivity index (χ0n) is 11.1. The SMILES string of the molecule is CC(C)(CN)Nc1c(C(N)=O)cnc2ccccc12. The summed E-state index contributed by atoms with van der Waals surface area (Å²) in [5.41, 5.74) is 12.7. The number of carbonyl (C=O) groups is 1. The van der Waals surface area contributed by atoms with Crippen LogP contribution in [0.25, 0.3) is 10.9 Å². The molecule has 0 saturated carbocycles. The van der Waals surface area contributed by atoms with Gasteiger partial charge in [-0.15, -0.1) is 0 Å². The summed E-state index contributed by atoms with van der Waals surface area (Å²) in [6.07, 6.45) is 1.50. The number of benzene rings is 1. The number of nitrogens with two attached hydrogens (primary N) is 2. The molecule has 1 aromatic carbocycles. The molecule has 0 bridgehead atoms. The minimum Gasteiger partial charge on any atom is -0.378 e. The van der Waals surface area contributed by atoms with E-state index in [0.717, 1.165) is 10.9 Å². The molecule has 5 nitrogen and oxygen atoms in total. The van der Waals surface area contributed by atoms with Crippen molar-refractivity contribution >= 4 is 22.5 Å². The van der Waals surface area contributed by atoms with Gasteiger partial charge in [0.15, 0.2) is 0 Å². The lowest BCUT2D eigenvalue weighted by molar-refractivity contribution is 0.100. The highest BCUT2D eigenvalue weighted by molar-refractivity contribution is 6.06. The van der Waals surface area contributed by atoms with Gasteiger partial charge in [-0.1, -0.05) is 18.2 Å². The summed E-state index contributed by atoms with van der Waals surface area (Å²) in [5, 5.41) is 4.16. The Hall–Kier alpha value is -2.14. The Bertz CT molecular complexity index is 622. The van der Waals surface area contributed by atoms with Gasteiger partial charge in [-0.2, -0.15) is 0 Å². The van der Waals surface area contributed by atoms with Gasteiger partial charge in [0.25, 0.3) is 5.91 Å². The molecule has 1 amide bonds. The molecule has 0 saturated heterocycles. The van der Waals surface area contributed by atoms with Crippen LogP contribution in [0.15, 0.2) is 30.5 Å². The smallest absolute Gasteiger partial charge is 0.252 e. The second-order valence-corrected chi connectivity index (χ2v) is 5.14. The van der Waals surface area contributed by atoms with Crippen molar-refractivity contribution in [3.8, 4) is 0 Å². The van der Waals surface area contributed by atoms with E-state index >= 15 is 0 Å². The number of hydrogen-bond donors (Lipinski definition) is 3. The Balaban J connectivity index is 2.66. The van der Waals surface area contributed by atoms with Crippen LogP contribution in [0.5, 0.6) is 0 Å². The maximum atomic E-state index is 11.6. The lowest BCUT2D eigenvalue weighted by atomic mass is 10.0. The quantitative estimate of drug-likeness (QED) is 0.774. The van der Waals surface area contributed by atoms with E-state index in [0.29, 0.717) is 17.8 Å². The number of hydrogen-bond acceptors (Lipinski definition) is 4. The van der Waals surface area contributed by atoms with Gasteiger partial charge in [0.05, 0.1) is 16.8 Å². The van der Waals surface area contributed by atoms with Gasteiger partial charge in [0.2, 0.25) is 0 Å². The van der Waals surface area contributed by atoms with Crippen LogP contribution < -0.4 is 16.8 Å². The van der Waals surface area contributed by atoms with Crippen molar-refractivity contribution in [2.75, 3.05) is 11.9 Å². The molecule has 0 radical (unpaired) electrons. The fraction of sp³-hybridized carbons (Fsp3) is 0.286. The summed E-state index contributed by atoms with van der Waals surface area (Å²) in [5.74, 6) is -0.506. The third-order valence-corrected chi connectivity index (χ3v) is 3.01. The van der Waals surface area contributed by atoms with Crippen molar-refractivity contribution < 1.29 is 4.79 Å². The average Bonchev–Trinajstić information content (AvgIpc) is 2.38. The number of nitrogens with one attached hydrogen (secondary N) is 1. The Morgan fingerprint density at radius 2 is 2.05 bits per heavy atom. The van der Waals surface area contributed by atoms with E-state index in [1.807, 2.05) is 38.1 Å². The predicted molar refractivity (Wildman–Crippen MR) is 77.0 cm³/mol. The summed E-state index contributed by atoms with van der Waals surface area (Å²) in [6, 6.07) is 7.59. The van der Waals surface area contributed by atoms with Crippen LogP contribution in [0.4, 0.5) is 5.69 Å². The minimum atomic E-state index is -0.506. The molecule has 0 spiro atoms. The molecule has 5 N–H and O–H groups in total. The molecule has 0 aliphatic rings. The van der Waals surface area contributed by atoms with Crippen molar-refractivity contribution in [2.45, 2.75) is 19.4 Å². The number of pyridine rings is 1. The Kier molecular flexibility index (Phi) is 3.40. The number of amides is 1. The zero-order chi connectivity index (χ0) is 14.0. The van der Waals surface area contributed by atoms with E-state index in [4.69, 9.17) is 11.5 Å². The first-order valence-corrected chi connectivity index (χ1v) is 6.10. The highest BCUT2D eigenvalue weighted by Crippen LogP contribution is 2.28. The van der Waals surface area contributed by atoms with Crippen LogP contribution in [0.1, 0.15) is 24.2 Å². The van der Waals surface area contributed by atoms with Gasteiger partial charge in [-0.05, 0) is 19.9 Å². The Morgan fingerprint density at radius 3 is 2.68 bits per heavy atom. The zero-order valence-corrected chi connectivity index (χ0v) is 11.1. The number of rotatable bonds is 4. The maximum absolute atomic E-state index is 11.6. The van der Waals surface area contributed by atoms with E-state index < -0.39 is 5.91 Å². The molecule has 0 aliphatic carbocycles. The highest BCUT2D eigenvalue weighted by Gasteiger charge is 2.20. The van der Waals surface area contributed by atoms with Crippen molar-refractivity contribution in [1.29, 1.82) is 0 Å². The molecule has 0 aliphatic heterocycles. The molecule has 1 aromatic heterocycles. The number of fused-ring (bicyclic) bond motifs is 1. The Morgan fingerprint density at radius 1 is 1.37 bits per heavy atom. The molecule has 0 fully saturated rings. The topological polar surface area (TPSA) is 94.0 Å². The van der Waals surface area contributed by atoms with Crippen LogP contribution in [-0.4, -0.2) is 23.0 Å². The van der Waals surface area contributed by atoms with Crippen molar-refractivity contribution in [1.82, 2.24) is 4.98 Å². The van der Waals surface area contributed by atoms with E-state index in [2.05, 4.69) is 10.3 Å².